The normalized spacial score (nSPS) is 20.8. The number of fused-ring (bicyclic) bond motifs is 3. The summed E-state index contributed by atoms with van der Waals surface area (Å²) < 4.78 is 33.8. The van der Waals surface area contributed by atoms with Crippen molar-refractivity contribution in [3.05, 3.63) is 106 Å². The number of likely N-dealkylation sites (tertiary alicyclic amines) is 2. The zero-order valence-electron chi connectivity index (χ0n) is 33.7. The zero-order valence-corrected chi connectivity index (χ0v) is 34.6. The first kappa shape index (κ1) is 38.5. The third-order valence-electron chi connectivity index (χ3n) is 13.1. The van der Waals surface area contributed by atoms with Gasteiger partial charge in [-0.15, -0.1) is 0 Å². The number of carbonyl (C=O) groups is 1. The van der Waals surface area contributed by atoms with Crippen molar-refractivity contribution in [2.24, 2.45) is 5.92 Å². The van der Waals surface area contributed by atoms with Crippen LogP contribution in [0.25, 0.3) is 44.3 Å². The molecule has 2 aliphatic carbocycles. The number of nitriles is 1. The molecule has 1 amide bonds. The molecule has 3 fully saturated rings. The number of carbonyl (C=O) groups excluding carboxylic acids is 1. The maximum Gasteiger partial charge on any atom is 0.237 e. The maximum atomic E-state index is 13.0. The van der Waals surface area contributed by atoms with Crippen LogP contribution in [0.5, 0.6) is 0 Å². The molecule has 3 N–H and O–H groups in total. The van der Waals surface area contributed by atoms with E-state index in [1.54, 1.807) is 6.20 Å². The molecule has 306 valence electrons. The Hall–Kier alpha value is -5.65. The van der Waals surface area contributed by atoms with Gasteiger partial charge in [0.2, 0.25) is 15.9 Å². The minimum atomic E-state index is -3.59. The summed E-state index contributed by atoms with van der Waals surface area (Å²) in [6, 6.07) is 23.3. The van der Waals surface area contributed by atoms with E-state index < -0.39 is 21.2 Å². The molecule has 0 spiro atoms. The molecule has 0 unspecified atom stereocenters. The van der Waals surface area contributed by atoms with Crippen molar-refractivity contribution in [1.82, 2.24) is 24.5 Å². The first-order valence-electron chi connectivity index (χ1n) is 20.9. The molecule has 5 heterocycles. The highest BCUT2D eigenvalue weighted by atomic mass is 32.2. The molecule has 3 atom stereocenters. The van der Waals surface area contributed by atoms with E-state index in [0.717, 1.165) is 98.8 Å². The van der Waals surface area contributed by atoms with Gasteiger partial charge in [0, 0.05) is 66.6 Å². The summed E-state index contributed by atoms with van der Waals surface area (Å²) in [5, 5.41) is 25.5. The van der Waals surface area contributed by atoms with Crippen LogP contribution >= 0.6 is 0 Å². The van der Waals surface area contributed by atoms with E-state index in [1.807, 2.05) is 30.5 Å². The molecule has 6 aromatic rings. The minimum Gasteiger partial charge on any atom is -0.455 e. The maximum absolute atomic E-state index is 13.0. The fourth-order valence-electron chi connectivity index (χ4n) is 9.73. The molecule has 13 heteroatoms. The van der Waals surface area contributed by atoms with Gasteiger partial charge in [-0.3, -0.25) is 24.3 Å². The first-order chi connectivity index (χ1) is 29.0. The van der Waals surface area contributed by atoms with E-state index in [2.05, 4.69) is 81.1 Å². The monoisotopic (exact) mass is 821 g/mol. The Morgan fingerprint density at radius 3 is 2.52 bits per heavy atom. The fraction of sp³-hybridized carbons (Fsp3) is 0.362. The van der Waals surface area contributed by atoms with Crippen molar-refractivity contribution in [2.75, 3.05) is 31.5 Å². The van der Waals surface area contributed by atoms with Gasteiger partial charge >= 0.3 is 0 Å². The number of amides is 1. The number of aliphatic hydroxyl groups is 1. The van der Waals surface area contributed by atoms with Crippen LogP contribution in [0.2, 0.25) is 0 Å². The van der Waals surface area contributed by atoms with Crippen LogP contribution < -0.4 is 10.0 Å². The van der Waals surface area contributed by atoms with Gasteiger partial charge < -0.3 is 14.8 Å². The molecule has 1 saturated carbocycles. The van der Waals surface area contributed by atoms with Gasteiger partial charge in [0.15, 0.2) is 11.4 Å². The lowest BCUT2D eigenvalue weighted by atomic mass is 9.92. The summed E-state index contributed by atoms with van der Waals surface area (Å²) in [4.78, 5) is 27.0. The van der Waals surface area contributed by atoms with Crippen LogP contribution in [-0.4, -0.2) is 76.7 Å². The molecule has 60 heavy (non-hydrogen) atoms. The summed E-state index contributed by atoms with van der Waals surface area (Å²) >= 11 is 0. The molecular weight excluding hydrogens is 775 g/mol. The molecular formula is C47H47N7O5S. The van der Waals surface area contributed by atoms with Gasteiger partial charge in [0.05, 0.1) is 22.8 Å². The number of benzene rings is 3. The van der Waals surface area contributed by atoms with Crippen LogP contribution in [0.4, 0.5) is 11.5 Å². The average Bonchev–Trinajstić information content (AvgIpc) is 3.50. The number of nitrogens with zero attached hydrogens (tertiary/aromatic N) is 5. The Morgan fingerprint density at radius 2 is 1.73 bits per heavy atom. The lowest BCUT2D eigenvalue weighted by Gasteiger charge is -2.25. The molecule has 12 nitrogen and oxygen atoms in total. The van der Waals surface area contributed by atoms with Crippen molar-refractivity contribution >= 4 is 49.3 Å². The standard InChI is InChI=1S/C47H47N7O5S/c1-27-35(36-6-4-8-41(28(36)2)51-46-44-30(13-16-49-46)19-29(23-50-44)24-53-17-15-33(55)26-53)5-3-7-37(27)43-21-32-20-39-38(40(22-48)45(32)59-43)11-12-42(39)54-18-14-31(25-54)47(56)52-60(57,58)34-9-10-34/h3-8,13,16,19-21,23,31,33-34,42,55H,9-12,14-15,17-18,24-26H2,1-2H3,(H,49,51)(H,52,56)/t31-,33-,42-/m1/s1. The van der Waals surface area contributed by atoms with E-state index >= 15 is 0 Å². The second-order valence-corrected chi connectivity index (χ2v) is 19.0. The van der Waals surface area contributed by atoms with Gasteiger partial charge in [-0.1, -0.05) is 30.3 Å². The van der Waals surface area contributed by atoms with Crippen LogP contribution in [0.3, 0.4) is 0 Å². The number of hydrogen-bond acceptors (Lipinski definition) is 11. The second kappa shape index (κ2) is 15.1. The molecule has 2 aliphatic heterocycles. The summed E-state index contributed by atoms with van der Waals surface area (Å²) in [5.41, 5.74) is 11.2. The largest absolute Gasteiger partial charge is 0.455 e. The highest BCUT2D eigenvalue weighted by Crippen LogP contribution is 2.45. The molecule has 3 aromatic heterocycles. The smallest absolute Gasteiger partial charge is 0.237 e. The number of nitrogens with one attached hydrogen (secondary N) is 2. The minimum absolute atomic E-state index is 0.0366. The third-order valence-corrected chi connectivity index (χ3v) is 14.9. The average molecular weight is 822 g/mol. The highest BCUT2D eigenvalue weighted by Gasteiger charge is 2.41. The third kappa shape index (κ3) is 7.01. The SMILES string of the molecule is Cc1c(Nc2nccc3cc(CN4CC[C@@H](O)C4)cnc23)cccc1-c1cccc(-c2cc3cc4c(c(C#N)c3o2)CC[C@H]4N2CC[C@@H](C(=O)NS(=O)(=O)C3CC3)C2)c1C. The Kier molecular flexibility index (Phi) is 9.71. The van der Waals surface area contributed by atoms with Crippen LogP contribution in [-0.2, 0) is 27.8 Å². The van der Waals surface area contributed by atoms with Crippen LogP contribution in [0.15, 0.2) is 77.5 Å². The highest BCUT2D eigenvalue weighted by molar-refractivity contribution is 7.90. The number of β-amino-alcohol motifs (C(OH)–C–C–N with tert-alkyl or cyclic N) is 1. The van der Waals surface area contributed by atoms with E-state index in [4.69, 9.17) is 9.40 Å². The quantitative estimate of drug-likeness (QED) is 0.126. The number of sulfonamides is 1. The number of aromatic nitrogens is 2. The summed E-state index contributed by atoms with van der Waals surface area (Å²) in [7, 11) is -3.59. The molecule has 2 saturated heterocycles. The Bertz CT molecular complexity index is 2860. The number of hydrogen-bond donors (Lipinski definition) is 3. The molecule has 10 rings (SSSR count). The van der Waals surface area contributed by atoms with Gasteiger partial charge in [0.25, 0.3) is 0 Å². The van der Waals surface area contributed by atoms with Crippen molar-refractivity contribution in [3.8, 4) is 28.5 Å². The second-order valence-electron chi connectivity index (χ2n) is 17.0. The molecule has 3 aromatic carbocycles. The zero-order chi connectivity index (χ0) is 41.3. The number of rotatable bonds is 10. The lowest BCUT2D eigenvalue weighted by Crippen LogP contribution is -2.38. The number of furan rings is 1. The number of aliphatic hydroxyl groups excluding tert-OH is 1. The lowest BCUT2D eigenvalue weighted by molar-refractivity contribution is -0.122. The number of pyridine rings is 2. The van der Waals surface area contributed by atoms with Crippen molar-refractivity contribution in [2.45, 2.75) is 76.3 Å². The Balaban J connectivity index is 0.908. The van der Waals surface area contributed by atoms with E-state index in [0.29, 0.717) is 61.6 Å². The van der Waals surface area contributed by atoms with Gasteiger partial charge in [-0.25, -0.2) is 13.4 Å². The summed E-state index contributed by atoms with van der Waals surface area (Å²) in [6.45, 7) is 7.70. The van der Waals surface area contributed by atoms with Crippen molar-refractivity contribution < 1.29 is 22.7 Å². The van der Waals surface area contributed by atoms with Crippen LogP contribution in [0.1, 0.15) is 71.5 Å². The summed E-state index contributed by atoms with van der Waals surface area (Å²) in [5.74, 6) is 0.574. The molecule has 4 aliphatic rings. The van der Waals surface area contributed by atoms with Gasteiger partial charge in [-0.05, 0) is 128 Å². The predicted octanol–water partition coefficient (Wildman–Crippen LogP) is 7.43. The van der Waals surface area contributed by atoms with Crippen molar-refractivity contribution in [1.29, 1.82) is 5.26 Å². The van der Waals surface area contributed by atoms with Gasteiger partial charge in [0.1, 0.15) is 17.3 Å². The predicted molar refractivity (Wildman–Crippen MR) is 231 cm³/mol. The van der Waals surface area contributed by atoms with Crippen molar-refractivity contribution in [3.63, 3.8) is 0 Å². The fourth-order valence-corrected chi connectivity index (χ4v) is 11.1. The topological polar surface area (TPSA) is 165 Å². The Labute approximate surface area is 349 Å². The molecule has 0 radical (unpaired) electrons. The van der Waals surface area contributed by atoms with Gasteiger partial charge in [-0.2, -0.15) is 5.26 Å². The first-order valence-corrected chi connectivity index (χ1v) is 22.5. The van der Waals surface area contributed by atoms with E-state index in [1.165, 1.54) is 0 Å². The van der Waals surface area contributed by atoms with E-state index in [9.17, 15) is 23.6 Å². The van der Waals surface area contributed by atoms with E-state index in [-0.39, 0.29) is 18.1 Å². The summed E-state index contributed by atoms with van der Waals surface area (Å²) in [6.07, 6.45) is 7.62. The molecule has 0 bridgehead atoms. The number of anilines is 2. The Morgan fingerprint density at radius 1 is 0.933 bits per heavy atom. The van der Waals surface area contributed by atoms with Crippen LogP contribution in [0, 0.1) is 31.1 Å².